The highest BCUT2D eigenvalue weighted by Gasteiger charge is 2.32. The molecule has 0 spiro atoms. The van der Waals surface area contributed by atoms with Gasteiger partial charge in [-0.3, -0.25) is 9.36 Å². The first kappa shape index (κ1) is 20.9. The molecule has 0 atom stereocenters. The van der Waals surface area contributed by atoms with Crippen molar-refractivity contribution >= 4 is 23.3 Å². The number of halogens is 4. The number of anilines is 1. The number of ether oxygens (including phenoxy) is 2. The van der Waals surface area contributed by atoms with Crippen molar-refractivity contribution in [3.63, 3.8) is 0 Å². The van der Waals surface area contributed by atoms with Crippen LogP contribution in [0.4, 0.5) is 19.0 Å². The van der Waals surface area contributed by atoms with Crippen LogP contribution in [0.25, 0.3) is 0 Å². The van der Waals surface area contributed by atoms with Gasteiger partial charge in [-0.2, -0.15) is 4.98 Å². The molecule has 31 heavy (non-hydrogen) atoms. The van der Waals surface area contributed by atoms with Crippen LogP contribution in [0.15, 0.2) is 48.5 Å². The third-order valence-corrected chi connectivity index (χ3v) is 4.72. The quantitative estimate of drug-likeness (QED) is 0.621. The van der Waals surface area contributed by atoms with E-state index in [0.717, 1.165) is 17.7 Å². The number of fused-ring (bicyclic) bond motifs is 1. The SMILES string of the molecule is CN1CNC(=O)c2c1nc(Oc1cccc(OC(F)(F)F)c1)n2Cc1ccc(Cl)cc1. The highest BCUT2D eigenvalue weighted by molar-refractivity contribution is 6.30. The summed E-state index contributed by atoms with van der Waals surface area (Å²) in [7, 11) is 1.75. The molecule has 7 nitrogen and oxygen atoms in total. The molecule has 2 aromatic carbocycles. The van der Waals surface area contributed by atoms with Gasteiger partial charge in [-0.1, -0.05) is 29.8 Å². The van der Waals surface area contributed by atoms with Gasteiger partial charge in [0.2, 0.25) is 0 Å². The van der Waals surface area contributed by atoms with Gasteiger partial charge in [-0.25, -0.2) is 0 Å². The molecule has 0 saturated carbocycles. The average molecular weight is 453 g/mol. The van der Waals surface area contributed by atoms with Gasteiger partial charge in [0.1, 0.15) is 11.5 Å². The molecule has 0 aliphatic carbocycles. The highest BCUT2D eigenvalue weighted by atomic mass is 35.5. The molecule has 0 bridgehead atoms. The fourth-order valence-corrected chi connectivity index (χ4v) is 3.22. The summed E-state index contributed by atoms with van der Waals surface area (Å²) in [6.07, 6.45) is -4.83. The number of carbonyl (C=O) groups excluding carboxylic acids is 1. The van der Waals surface area contributed by atoms with E-state index in [1.165, 1.54) is 12.1 Å². The zero-order valence-corrected chi connectivity index (χ0v) is 16.9. The average Bonchev–Trinajstić information content (AvgIpc) is 3.05. The molecule has 1 N–H and O–H groups in total. The van der Waals surface area contributed by atoms with Crippen molar-refractivity contribution in [2.75, 3.05) is 18.6 Å². The summed E-state index contributed by atoms with van der Waals surface area (Å²) >= 11 is 5.94. The largest absolute Gasteiger partial charge is 0.573 e. The Bertz CT molecular complexity index is 1120. The Kier molecular flexibility index (Phi) is 5.40. The van der Waals surface area contributed by atoms with Gasteiger partial charge in [0.15, 0.2) is 11.5 Å². The highest BCUT2D eigenvalue weighted by Crippen LogP contribution is 2.33. The first-order chi connectivity index (χ1) is 14.7. The number of carbonyl (C=O) groups is 1. The predicted octanol–water partition coefficient (Wildman–Crippen LogP) is 4.41. The molecule has 3 aromatic rings. The predicted molar refractivity (Wildman–Crippen MR) is 107 cm³/mol. The van der Waals surface area contributed by atoms with E-state index in [9.17, 15) is 18.0 Å². The van der Waals surface area contributed by atoms with Crippen molar-refractivity contribution in [1.29, 1.82) is 0 Å². The number of aromatic nitrogens is 2. The Morgan fingerprint density at radius 2 is 1.87 bits per heavy atom. The van der Waals surface area contributed by atoms with Gasteiger partial charge in [0.25, 0.3) is 5.91 Å². The lowest BCUT2D eigenvalue weighted by Gasteiger charge is -2.24. The van der Waals surface area contributed by atoms with Crippen molar-refractivity contribution in [2.24, 2.45) is 0 Å². The standard InChI is InChI=1S/C20H16ClF3N4O3/c1-27-11-25-18(29)16-17(27)26-19(28(16)10-12-5-7-13(21)8-6-12)30-14-3-2-4-15(9-14)31-20(22,23)24/h2-9H,10-11H2,1H3,(H,25,29). The van der Waals surface area contributed by atoms with Crippen LogP contribution < -0.4 is 19.7 Å². The number of alkyl halides is 3. The van der Waals surface area contributed by atoms with Crippen LogP contribution in [0.3, 0.4) is 0 Å². The summed E-state index contributed by atoms with van der Waals surface area (Å²) < 4.78 is 48.9. The molecule has 0 saturated heterocycles. The van der Waals surface area contributed by atoms with Crippen molar-refractivity contribution in [3.05, 3.63) is 64.8 Å². The van der Waals surface area contributed by atoms with Crippen molar-refractivity contribution in [3.8, 4) is 17.5 Å². The van der Waals surface area contributed by atoms with Gasteiger partial charge < -0.3 is 19.7 Å². The van der Waals surface area contributed by atoms with Gasteiger partial charge in [0, 0.05) is 18.1 Å². The summed E-state index contributed by atoms with van der Waals surface area (Å²) in [5, 5.41) is 3.30. The second-order valence-corrected chi connectivity index (χ2v) is 7.20. The molecule has 2 heterocycles. The molecule has 4 rings (SSSR count). The summed E-state index contributed by atoms with van der Waals surface area (Å²) in [5.74, 6) is -0.293. The normalized spacial score (nSPS) is 13.6. The number of imidazole rings is 1. The maximum Gasteiger partial charge on any atom is 0.573 e. The number of hydrogen-bond donors (Lipinski definition) is 1. The first-order valence-electron chi connectivity index (χ1n) is 9.07. The summed E-state index contributed by atoms with van der Waals surface area (Å²) in [6, 6.07) is 12.1. The second-order valence-electron chi connectivity index (χ2n) is 6.77. The van der Waals surface area contributed by atoms with Crippen LogP contribution in [0.2, 0.25) is 5.02 Å². The van der Waals surface area contributed by atoms with Crippen molar-refractivity contribution in [2.45, 2.75) is 12.9 Å². The molecular formula is C20H16ClF3N4O3. The fraction of sp³-hybridized carbons (Fsp3) is 0.200. The number of hydrogen-bond acceptors (Lipinski definition) is 5. The number of nitrogens with zero attached hydrogens (tertiary/aromatic N) is 3. The van der Waals surface area contributed by atoms with E-state index in [4.69, 9.17) is 16.3 Å². The lowest BCUT2D eigenvalue weighted by atomic mass is 10.2. The minimum atomic E-state index is -4.83. The van der Waals surface area contributed by atoms with E-state index in [1.807, 2.05) is 0 Å². The number of rotatable bonds is 5. The Morgan fingerprint density at radius 1 is 1.16 bits per heavy atom. The molecule has 1 aromatic heterocycles. The third kappa shape index (κ3) is 4.69. The lowest BCUT2D eigenvalue weighted by Crippen LogP contribution is -2.42. The zero-order valence-electron chi connectivity index (χ0n) is 16.1. The molecule has 1 aliphatic heterocycles. The van der Waals surface area contributed by atoms with Gasteiger partial charge in [-0.05, 0) is 29.8 Å². The van der Waals surface area contributed by atoms with Gasteiger partial charge >= 0.3 is 12.4 Å². The summed E-state index contributed by atoms with van der Waals surface area (Å²) in [4.78, 5) is 18.7. The fourth-order valence-electron chi connectivity index (χ4n) is 3.10. The number of amides is 1. The number of nitrogens with one attached hydrogen (secondary N) is 1. The number of benzene rings is 2. The van der Waals surface area contributed by atoms with E-state index in [-0.39, 0.29) is 36.6 Å². The van der Waals surface area contributed by atoms with E-state index < -0.39 is 12.1 Å². The minimum Gasteiger partial charge on any atom is -0.425 e. The molecule has 1 aliphatic rings. The smallest absolute Gasteiger partial charge is 0.425 e. The second kappa shape index (κ2) is 8.03. The Hall–Kier alpha value is -3.40. The summed E-state index contributed by atoms with van der Waals surface area (Å²) in [6.45, 7) is 0.493. The molecule has 1 amide bonds. The maximum atomic E-state index is 12.6. The van der Waals surface area contributed by atoms with Crippen LogP contribution in [0, 0.1) is 0 Å². The summed E-state index contributed by atoms with van der Waals surface area (Å²) in [5.41, 5.74) is 1.10. The minimum absolute atomic E-state index is 0.0491. The Morgan fingerprint density at radius 3 is 2.58 bits per heavy atom. The van der Waals surface area contributed by atoms with E-state index in [1.54, 1.807) is 40.8 Å². The molecule has 0 fully saturated rings. The molecule has 11 heteroatoms. The van der Waals surface area contributed by atoms with Crippen LogP contribution in [0.1, 0.15) is 16.1 Å². The zero-order chi connectivity index (χ0) is 22.2. The van der Waals surface area contributed by atoms with E-state index >= 15 is 0 Å². The Balaban J connectivity index is 1.72. The maximum absolute atomic E-state index is 12.6. The lowest BCUT2D eigenvalue weighted by molar-refractivity contribution is -0.274. The third-order valence-electron chi connectivity index (χ3n) is 4.47. The Labute approximate surface area is 180 Å². The van der Waals surface area contributed by atoms with Crippen LogP contribution in [0.5, 0.6) is 17.5 Å². The molecule has 162 valence electrons. The van der Waals surface area contributed by atoms with Gasteiger partial charge in [-0.15, -0.1) is 13.2 Å². The first-order valence-corrected chi connectivity index (χ1v) is 9.45. The van der Waals surface area contributed by atoms with Crippen molar-refractivity contribution in [1.82, 2.24) is 14.9 Å². The topological polar surface area (TPSA) is 68.6 Å². The van der Waals surface area contributed by atoms with Crippen LogP contribution >= 0.6 is 11.6 Å². The molecular weight excluding hydrogens is 437 g/mol. The van der Waals surface area contributed by atoms with E-state index in [2.05, 4.69) is 15.0 Å². The van der Waals surface area contributed by atoms with E-state index in [0.29, 0.717) is 10.8 Å². The van der Waals surface area contributed by atoms with Crippen molar-refractivity contribution < 1.29 is 27.4 Å². The van der Waals surface area contributed by atoms with Gasteiger partial charge in [0.05, 0.1) is 13.2 Å². The molecule has 0 unspecified atom stereocenters. The van der Waals surface area contributed by atoms with Crippen LogP contribution in [-0.4, -0.2) is 35.5 Å². The van der Waals surface area contributed by atoms with Crippen LogP contribution in [-0.2, 0) is 6.54 Å². The monoisotopic (exact) mass is 452 g/mol. The molecule has 0 radical (unpaired) electrons.